The molecule has 0 atom stereocenters. The van der Waals surface area contributed by atoms with E-state index in [0.717, 1.165) is 35.5 Å². The highest BCUT2D eigenvalue weighted by atomic mass is 16.5. The normalized spacial score (nSPS) is 10.4. The Morgan fingerprint density at radius 2 is 1.55 bits per heavy atom. The third-order valence-electron chi connectivity index (χ3n) is 3.70. The van der Waals surface area contributed by atoms with Crippen LogP contribution in [0, 0.1) is 0 Å². The molecular weight excluding hydrogens is 270 g/mol. The molecule has 0 N–H and O–H groups in total. The van der Waals surface area contributed by atoms with E-state index in [1.807, 2.05) is 36.4 Å². The highest BCUT2D eigenvalue weighted by Gasteiger charge is 2.07. The molecular formula is C20H19NO. The minimum atomic E-state index is 0.857. The average molecular weight is 289 g/mol. The fraction of sp³-hybridized carbons (Fsp3) is 0.150. The third kappa shape index (κ3) is 3.34. The Morgan fingerprint density at radius 3 is 2.36 bits per heavy atom. The summed E-state index contributed by atoms with van der Waals surface area (Å²) in [6.07, 6.45) is 1.94. The van der Waals surface area contributed by atoms with E-state index in [4.69, 9.17) is 9.72 Å². The van der Waals surface area contributed by atoms with E-state index < -0.39 is 0 Å². The maximum Gasteiger partial charge on any atom is 0.128 e. The zero-order chi connectivity index (χ0) is 15.2. The van der Waals surface area contributed by atoms with E-state index in [1.165, 1.54) is 5.56 Å². The summed E-state index contributed by atoms with van der Waals surface area (Å²) in [4.78, 5) is 4.79. The van der Waals surface area contributed by atoms with E-state index in [-0.39, 0.29) is 0 Å². The van der Waals surface area contributed by atoms with Crippen LogP contribution in [0.1, 0.15) is 11.3 Å². The van der Waals surface area contributed by atoms with Crippen molar-refractivity contribution in [2.24, 2.45) is 0 Å². The molecule has 0 aliphatic carbocycles. The van der Waals surface area contributed by atoms with E-state index >= 15 is 0 Å². The van der Waals surface area contributed by atoms with E-state index in [1.54, 1.807) is 7.11 Å². The summed E-state index contributed by atoms with van der Waals surface area (Å²) in [6, 6.07) is 24.7. The fourth-order valence-corrected chi connectivity index (χ4v) is 2.54. The summed E-state index contributed by atoms with van der Waals surface area (Å²) in [5.74, 6) is 0.857. The van der Waals surface area contributed by atoms with Crippen molar-refractivity contribution in [3.05, 3.63) is 84.1 Å². The molecule has 0 saturated carbocycles. The zero-order valence-corrected chi connectivity index (χ0v) is 12.7. The predicted octanol–water partition coefficient (Wildman–Crippen LogP) is 4.54. The van der Waals surface area contributed by atoms with Crippen LogP contribution in [0.5, 0.6) is 5.75 Å². The summed E-state index contributed by atoms with van der Waals surface area (Å²) in [7, 11) is 1.69. The number of ether oxygens (including phenoxy) is 1. The second-order valence-corrected chi connectivity index (χ2v) is 5.20. The highest BCUT2D eigenvalue weighted by Crippen LogP contribution is 2.28. The molecule has 3 rings (SSSR count). The number of hydrogen-bond donors (Lipinski definition) is 0. The molecule has 0 aliphatic rings. The molecule has 0 aliphatic heterocycles. The molecule has 0 spiro atoms. The first-order chi connectivity index (χ1) is 10.9. The Kier molecular flexibility index (Phi) is 4.50. The van der Waals surface area contributed by atoms with Gasteiger partial charge in [0.1, 0.15) is 5.75 Å². The standard InChI is InChI=1S/C20H19NO/c1-22-20-13-6-5-11-18(20)19-12-7-10-17(21-19)15-14-16-8-3-2-4-9-16/h2-13H,14-15H2,1H3. The van der Waals surface area contributed by atoms with Gasteiger partial charge in [-0.2, -0.15) is 0 Å². The van der Waals surface area contributed by atoms with Gasteiger partial charge in [-0.15, -0.1) is 0 Å². The fourth-order valence-electron chi connectivity index (χ4n) is 2.54. The summed E-state index contributed by atoms with van der Waals surface area (Å²) >= 11 is 0. The van der Waals surface area contributed by atoms with Gasteiger partial charge in [-0.25, -0.2) is 0 Å². The molecule has 2 heteroatoms. The smallest absolute Gasteiger partial charge is 0.128 e. The molecule has 0 bridgehead atoms. The van der Waals surface area contributed by atoms with E-state index in [0.29, 0.717) is 0 Å². The number of benzene rings is 2. The van der Waals surface area contributed by atoms with Gasteiger partial charge in [0.2, 0.25) is 0 Å². The minimum Gasteiger partial charge on any atom is -0.496 e. The summed E-state index contributed by atoms with van der Waals surface area (Å²) in [5.41, 5.74) is 4.44. The molecule has 2 aromatic carbocycles. The van der Waals surface area contributed by atoms with Crippen molar-refractivity contribution in [1.29, 1.82) is 0 Å². The van der Waals surface area contributed by atoms with Gasteiger partial charge < -0.3 is 4.74 Å². The van der Waals surface area contributed by atoms with Crippen LogP contribution < -0.4 is 4.74 Å². The van der Waals surface area contributed by atoms with Crippen molar-refractivity contribution < 1.29 is 4.74 Å². The Morgan fingerprint density at radius 1 is 0.773 bits per heavy atom. The molecule has 0 saturated heterocycles. The molecule has 0 unspecified atom stereocenters. The number of aryl methyl sites for hydroxylation is 2. The number of aromatic nitrogens is 1. The number of pyridine rings is 1. The second-order valence-electron chi connectivity index (χ2n) is 5.20. The van der Waals surface area contributed by atoms with Crippen molar-refractivity contribution in [3.8, 4) is 17.0 Å². The monoisotopic (exact) mass is 289 g/mol. The number of hydrogen-bond acceptors (Lipinski definition) is 2. The van der Waals surface area contributed by atoms with Crippen molar-refractivity contribution in [3.63, 3.8) is 0 Å². The van der Waals surface area contributed by atoms with Crippen LogP contribution in [0.2, 0.25) is 0 Å². The van der Waals surface area contributed by atoms with E-state index in [9.17, 15) is 0 Å². The number of nitrogens with zero attached hydrogens (tertiary/aromatic N) is 1. The van der Waals surface area contributed by atoms with Crippen molar-refractivity contribution >= 4 is 0 Å². The lowest BCUT2D eigenvalue weighted by Gasteiger charge is -2.09. The minimum absolute atomic E-state index is 0.857. The molecule has 110 valence electrons. The molecule has 22 heavy (non-hydrogen) atoms. The number of rotatable bonds is 5. The van der Waals surface area contributed by atoms with Gasteiger partial charge >= 0.3 is 0 Å². The first kappa shape index (κ1) is 14.3. The summed E-state index contributed by atoms with van der Waals surface area (Å²) in [6.45, 7) is 0. The SMILES string of the molecule is COc1ccccc1-c1cccc(CCc2ccccc2)n1. The van der Waals surface area contributed by atoms with Gasteiger partial charge in [0.15, 0.2) is 0 Å². The van der Waals surface area contributed by atoms with Gasteiger partial charge in [-0.05, 0) is 42.7 Å². The van der Waals surface area contributed by atoms with Crippen LogP contribution >= 0.6 is 0 Å². The van der Waals surface area contributed by atoms with E-state index in [2.05, 4.69) is 36.4 Å². The molecule has 3 aromatic rings. The van der Waals surface area contributed by atoms with Gasteiger partial charge in [-0.1, -0.05) is 48.5 Å². The van der Waals surface area contributed by atoms with Crippen LogP contribution in [-0.4, -0.2) is 12.1 Å². The lowest BCUT2D eigenvalue weighted by molar-refractivity contribution is 0.416. The van der Waals surface area contributed by atoms with Gasteiger partial charge in [0.25, 0.3) is 0 Å². The van der Waals surface area contributed by atoms with Crippen LogP contribution in [0.4, 0.5) is 0 Å². The number of para-hydroxylation sites is 1. The number of methoxy groups -OCH3 is 1. The van der Waals surface area contributed by atoms with Gasteiger partial charge in [-0.3, -0.25) is 4.98 Å². The predicted molar refractivity (Wildman–Crippen MR) is 90.1 cm³/mol. The average Bonchev–Trinajstić information content (AvgIpc) is 2.61. The van der Waals surface area contributed by atoms with Crippen LogP contribution in [-0.2, 0) is 12.8 Å². The topological polar surface area (TPSA) is 22.1 Å². The Balaban J connectivity index is 1.81. The van der Waals surface area contributed by atoms with Crippen molar-refractivity contribution in [1.82, 2.24) is 4.98 Å². The van der Waals surface area contributed by atoms with Crippen LogP contribution in [0.3, 0.4) is 0 Å². The zero-order valence-electron chi connectivity index (χ0n) is 12.7. The van der Waals surface area contributed by atoms with Gasteiger partial charge in [0.05, 0.1) is 12.8 Å². The molecule has 0 radical (unpaired) electrons. The quantitative estimate of drug-likeness (QED) is 0.688. The molecule has 0 amide bonds. The Bertz CT molecular complexity index is 737. The third-order valence-corrected chi connectivity index (χ3v) is 3.70. The van der Waals surface area contributed by atoms with Crippen molar-refractivity contribution in [2.45, 2.75) is 12.8 Å². The lowest BCUT2D eigenvalue weighted by Crippen LogP contribution is -1.96. The summed E-state index contributed by atoms with van der Waals surface area (Å²) < 4.78 is 5.43. The van der Waals surface area contributed by atoms with Crippen LogP contribution in [0.25, 0.3) is 11.3 Å². The molecule has 1 aromatic heterocycles. The maximum absolute atomic E-state index is 5.43. The van der Waals surface area contributed by atoms with Crippen molar-refractivity contribution in [2.75, 3.05) is 7.11 Å². The lowest BCUT2D eigenvalue weighted by atomic mass is 10.1. The first-order valence-corrected chi connectivity index (χ1v) is 7.50. The second kappa shape index (κ2) is 6.90. The molecule has 0 fully saturated rings. The Hall–Kier alpha value is -2.61. The Labute approximate surface area is 131 Å². The largest absolute Gasteiger partial charge is 0.496 e. The first-order valence-electron chi connectivity index (χ1n) is 7.50. The molecule has 2 nitrogen and oxygen atoms in total. The highest BCUT2D eigenvalue weighted by molar-refractivity contribution is 5.67. The van der Waals surface area contributed by atoms with Crippen LogP contribution in [0.15, 0.2) is 72.8 Å². The van der Waals surface area contributed by atoms with Gasteiger partial charge in [0, 0.05) is 11.3 Å². The summed E-state index contributed by atoms with van der Waals surface area (Å²) in [5, 5.41) is 0. The molecule has 1 heterocycles. The maximum atomic E-state index is 5.43.